The maximum atomic E-state index is 13.3. The molecule has 0 unspecified atom stereocenters. The zero-order chi connectivity index (χ0) is 18.3. The van der Waals surface area contributed by atoms with Gasteiger partial charge in [-0.3, -0.25) is 0 Å². The van der Waals surface area contributed by atoms with E-state index in [4.69, 9.17) is 11.6 Å². The van der Waals surface area contributed by atoms with Gasteiger partial charge in [0.1, 0.15) is 9.04 Å². The van der Waals surface area contributed by atoms with Crippen molar-refractivity contribution >= 4 is 58.9 Å². The van der Waals surface area contributed by atoms with Crippen molar-refractivity contribution in [1.29, 1.82) is 0 Å². The molecule has 7 heteroatoms. The molecule has 4 rings (SSSR count). The Hall–Kier alpha value is -1.73. The van der Waals surface area contributed by atoms with Gasteiger partial charge in [-0.25, -0.2) is 13.4 Å². The first-order valence-corrected chi connectivity index (χ1v) is 11.1. The van der Waals surface area contributed by atoms with Crippen LogP contribution in [-0.2, 0) is 9.84 Å². The average Bonchev–Trinajstić information content (AvgIpc) is 3.03. The summed E-state index contributed by atoms with van der Waals surface area (Å²) in [5.74, 6) is 0. The lowest BCUT2D eigenvalue weighted by molar-refractivity contribution is 0.598. The first kappa shape index (κ1) is 17.7. The number of sulfone groups is 1. The van der Waals surface area contributed by atoms with Gasteiger partial charge in [0.05, 0.1) is 4.90 Å². The molecule has 0 N–H and O–H groups in total. The summed E-state index contributed by atoms with van der Waals surface area (Å²) in [5.41, 5.74) is 1.46. The van der Waals surface area contributed by atoms with E-state index in [-0.39, 0.29) is 9.10 Å². The minimum atomic E-state index is -3.68. The third-order valence-corrected chi connectivity index (χ3v) is 8.12. The fraction of sp³-hybridized carbons (Fsp3) is 0. The Bertz CT molecular complexity index is 1200. The molecule has 2 aromatic heterocycles. The van der Waals surface area contributed by atoms with Crippen molar-refractivity contribution < 1.29 is 8.42 Å². The maximum absolute atomic E-state index is 13.3. The summed E-state index contributed by atoms with van der Waals surface area (Å²) in [6, 6.07) is 17.5. The Kier molecular flexibility index (Phi) is 4.61. The number of halogens is 2. The zero-order valence-corrected chi connectivity index (χ0v) is 17.2. The predicted octanol–water partition coefficient (Wildman–Crippen LogP) is 6.21. The number of benzene rings is 2. The molecule has 0 aliphatic carbocycles. The lowest BCUT2D eigenvalue weighted by atomic mass is 10.1. The van der Waals surface area contributed by atoms with Crippen LogP contribution in [0.4, 0.5) is 0 Å². The molecule has 2 aromatic carbocycles. The van der Waals surface area contributed by atoms with Crippen LogP contribution < -0.4 is 0 Å². The Balaban J connectivity index is 2.02. The Labute approximate surface area is 168 Å². The highest BCUT2D eigenvalue weighted by Crippen LogP contribution is 2.43. The van der Waals surface area contributed by atoms with Crippen LogP contribution >= 0.6 is 38.9 Å². The average molecular weight is 465 g/mol. The van der Waals surface area contributed by atoms with E-state index in [9.17, 15) is 8.42 Å². The van der Waals surface area contributed by atoms with Gasteiger partial charge < -0.3 is 0 Å². The second-order valence-corrected chi connectivity index (χ2v) is 10.1. The van der Waals surface area contributed by atoms with Crippen LogP contribution in [0, 0.1) is 0 Å². The number of aromatic nitrogens is 1. The van der Waals surface area contributed by atoms with Crippen molar-refractivity contribution in [3.63, 3.8) is 0 Å². The normalized spacial score (nSPS) is 11.8. The molecule has 0 atom stereocenters. The Morgan fingerprint density at radius 1 is 0.962 bits per heavy atom. The van der Waals surface area contributed by atoms with E-state index in [1.807, 2.05) is 24.3 Å². The highest BCUT2D eigenvalue weighted by Gasteiger charge is 2.27. The van der Waals surface area contributed by atoms with Gasteiger partial charge in [0, 0.05) is 26.6 Å². The van der Waals surface area contributed by atoms with Crippen LogP contribution in [0.5, 0.6) is 0 Å². The molecule has 0 radical (unpaired) electrons. The summed E-state index contributed by atoms with van der Waals surface area (Å²) in [6.07, 6.45) is 1.67. The lowest BCUT2D eigenvalue weighted by Crippen LogP contribution is -2.01. The topological polar surface area (TPSA) is 47.0 Å². The van der Waals surface area contributed by atoms with Crippen LogP contribution in [-0.4, -0.2) is 13.4 Å². The number of pyridine rings is 1. The third-order valence-electron chi connectivity index (χ3n) is 3.93. The van der Waals surface area contributed by atoms with E-state index in [0.717, 1.165) is 15.4 Å². The van der Waals surface area contributed by atoms with E-state index in [1.54, 1.807) is 42.6 Å². The quantitative estimate of drug-likeness (QED) is 0.362. The number of thiophene rings is 1. The van der Waals surface area contributed by atoms with Crippen molar-refractivity contribution in [3.05, 3.63) is 76.4 Å². The zero-order valence-electron chi connectivity index (χ0n) is 13.2. The van der Waals surface area contributed by atoms with Gasteiger partial charge in [-0.15, -0.1) is 11.3 Å². The molecule has 0 fully saturated rings. The standard InChI is InChI=1S/C19H11BrClNO2S2/c20-13-5-9-15(10-6-13)26(23,24)19-17(12-3-7-14(21)8-4-12)16-2-1-11-22-18(16)25-19/h1-11H. The molecule has 0 aliphatic heterocycles. The number of fused-ring (bicyclic) bond motifs is 1. The Morgan fingerprint density at radius 2 is 1.65 bits per heavy atom. The minimum absolute atomic E-state index is 0.252. The summed E-state index contributed by atoms with van der Waals surface area (Å²) >= 11 is 10.5. The molecule has 4 aromatic rings. The molecule has 0 spiro atoms. The molecule has 26 heavy (non-hydrogen) atoms. The summed E-state index contributed by atoms with van der Waals surface area (Å²) in [5, 5.41) is 1.42. The van der Waals surface area contributed by atoms with Crippen LogP contribution in [0.25, 0.3) is 21.3 Å². The predicted molar refractivity (Wildman–Crippen MR) is 110 cm³/mol. The molecule has 3 nitrogen and oxygen atoms in total. The number of hydrogen-bond donors (Lipinski definition) is 0. The second-order valence-electron chi connectivity index (χ2n) is 5.58. The molecular formula is C19H11BrClNO2S2. The van der Waals surface area contributed by atoms with Gasteiger partial charge in [-0.1, -0.05) is 39.7 Å². The van der Waals surface area contributed by atoms with Crippen LogP contribution in [0.3, 0.4) is 0 Å². The smallest absolute Gasteiger partial charge is 0.216 e. The number of rotatable bonds is 3. The van der Waals surface area contributed by atoms with Crippen LogP contribution in [0.15, 0.2) is 80.4 Å². The van der Waals surface area contributed by atoms with Gasteiger partial charge in [0.2, 0.25) is 9.84 Å². The fourth-order valence-electron chi connectivity index (χ4n) is 2.71. The molecule has 0 saturated carbocycles. The first-order valence-electron chi connectivity index (χ1n) is 7.61. The SMILES string of the molecule is O=S(=O)(c1ccc(Br)cc1)c1sc2ncccc2c1-c1ccc(Cl)cc1. The minimum Gasteiger partial charge on any atom is -0.245 e. The maximum Gasteiger partial charge on any atom is 0.216 e. The third kappa shape index (κ3) is 3.07. The summed E-state index contributed by atoms with van der Waals surface area (Å²) in [6.45, 7) is 0. The van der Waals surface area contributed by atoms with E-state index in [1.165, 1.54) is 11.3 Å². The van der Waals surface area contributed by atoms with Crippen LogP contribution in [0.2, 0.25) is 5.02 Å². The molecule has 130 valence electrons. The van der Waals surface area contributed by atoms with E-state index < -0.39 is 9.84 Å². The van der Waals surface area contributed by atoms with E-state index in [0.29, 0.717) is 15.4 Å². The van der Waals surface area contributed by atoms with E-state index >= 15 is 0 Å². The molecule has 0 saturated heterocycles. The van der Waals surface area contributed by atoms with Gasteiger partial charge in [-0.05, 0) is 54.1 Å². The van der Waals surface area contributed by atoms with Gasteiger partial charge >= 0.3 is 0 Å². The summed E-state index contributed by atoms with van der Waals surface area (Å²) in [4.78, 5) is 5.29. The second kappa shape index (κ2) is 6.78. The number of nitrogens with zero attached hydrogens (tertiary/aromatic N) is 1. The van der Waals surface area contributed by atoms with E-state index in [2.05, 4.69) is 20.9 Å². The highest BCUT2D eigenvalue weighted by molar-refractivity contribution is 9.10. The van der Waals surface area contributed by atoms with Crippen molar-refractivity contribution in [2.45, 2.75) is 9.10 Å². The lowest BCUT2D eigenvalue weighted by Gasteiger charge is -2.07. The van der Waals surface area contributed by atoms with Crippen molar-refractivity contribution in [3.8, 4) is 11.1 Å². The molecule has 2 heterocycles. The van der Waals surface area contributed by atoms with Crippen molar-refractivity contribution in [2.24, 2.45) is 0 Å². The van der Waals surface area contributed by atoms with Gasteiger partial charge in [0.15, 0.2) is 0 Å². The highest BCUT2D eigenvalue weighted by atomic mass is 79.9. The molecule has 0 bridgehead atoms. The van der Waals surface area contributed by atoms with Crippen molar-refractivity contribution in [2.75, 3.05) is 0 Å². The van der Waals surface area contributed by atoms with Gasteiger partial charge in [-0.2, -0.15) is 0 Å². The monoisotopic (exact) mass is 463 g/mol. The van der Waals surface area contributed by atoms with Crippen LogP contribution in [0.1, 0.15) is 0 Å². The number of hydrogen-bond acceptors (Lipinski definition) is 4. The Morgan fingerprint density at radius 3 is 2.35 bits per heavy atom. The molecule has 0 amide bonds. The van der Waals surface area contributed by atoms with Gasteiger partial charge in [0.25, 0.3) is 0 Å². The summed E-state index contributed by atoms with van der Waals surface area (Å²) < 4.78 is 27.7. The largest absolute Gasteiger partial charge is 0.245 e. The molecular weight excluding hydrogens is 454 g/mol. The summed E-state index contributed by atoms with van der Waals surface area (Å²) in [7, 11) is -3.68. The molecule has 0 aliphatic rings. The fourth-order valence-corrected chi connectivity index (χ4v) is 6.17. The first-order chi connectivity index (χ1) is 12.5. The van der Waals surface area contributed by atoms with Crippen molar-refractivity contribution in [1.82, 2.24) is 4.98 Å².